The van der Waals surface area contributed by atoms with Crippen LogP contribution in [0.15, 0.2) is 0 Å². The Bertz CT molecular complexity index is 347. The molecule has 0 fully saturated rings. The van der Waals surface area contributed by atoms with Crippen LogP contribution in [0.1, 0.15) is 34.1 Å². The van der Waals surface area contributed by atoms with Crippen molar-refractivity contribution in [2.75, 3.05) is 19.6 Å². The molecule has 2 unspecified atom stereocenters. The number of carboxylic acids is 1. The minimum atomic E-state index is -1.07. The fourth-order valence-corrected chi connectivity index (χ4v) is 1.66. The first kappa shape index (κ1) is 18.2. The summed E-state index contributed by atoms with van der Waals surface area (Å²) in [5, 5.41) is 14.2. The van der Waals surface area contributed by atoms with Crippen LogP contribution in [0.4, 0.5) is 4.79 Å². The molecule has 3 N–H and O–H groups in total. The molecule has 0 saturated carbocycles. The Morgan fingerprint density at radius 3 is 2.20 bits per heavy atom. The van der Waals surface area contributed by atoms with E-state index in [2.05, 4.69) is 10.6 Å². The summed E-state index contributed by atoms with van der Waals surface area (Å²) in [6.45, 7) is 7.88. The Morgan fingerprint density at radius 2 is 1.80 bits per heavy atom. The lowest BCUT2D eigenvalue weighted by Gasteiger charge is -2.25. The first-order chi connectivity index (χ1) is 9.37. The third-order valence-electron chi connectivity index (χ3n) is 3.14. The highest BCUT2D eigenvalue weighted by molar-refractivity contribution is 5.86. The molecule has 0 aromatic heterocycles. The standard InChI is InChI=1S/C13H25N3O4/c1-5-9(4)11(12(18)19)15-13(20)16(7-3)8-10(17)14-6-2/h9,11H,5-8H2,1-4H3,(H,14,17)(H,15,20)(H,18,19). The highest BCUT2D eigenvalue weighted by Crippen LogP contribution is 2.08. The van der Waals surface area contributed by atoms with Gasteiger partial charge >= 0.3 is 12.0 Å². The summed E-state index contributed by atoms with van der Waals surface area (Å²) < 4.78 is 0. The van der Waals surface area contributed by atoms with Gasteiger partial charge in [-0.15, -0.1) is 0 Å². The molecule has 0 aliphatic carbocycles. The molecule has 20 heavy (non-hydrogen) atoms. The Morgan fingerprint density at radius 1 is 1.20 bits per heavy atom. The quantitative estimate of drug-likeness (QED) is 0.610. The van der Waals surface area contributed by atoms with E-state index < -0.39 is 18.0 Å². The zero-order chi connectivity index (χ0) is 15.7. The van der Waals surface area contributed by atoms with Gasteiger partial charge in [0.1, 0.15) is 12.6 Å². The van der Waals surface area contributed by atoms with Gasteiger partial charge in [0.05, 0.1) is 0 Å². The first-order valence-corrected chi connectivity index (χ1v) is 6.92. The summed E-state index contributed by atoms with van der Waals surface area (Å²) >= 11 is 0. The van der Waals surface area contributed by atoms with Crippen LogP contribution in [0.2, 0.25) is 0 Å². The normalized spacial score (nSPS) is 13.2. The summed E-state index contributed by atoms with van der Waals surface area (Å²) in [5.74, 6) is -1.51. The number of carboxylic acid groups (broad SMARTS) is 1. The SMILES string of the molecule is CCNC(=O)CN(CC)C(=O)NC(C(=O)O)C(C)CC. The molecule has 0 heterocycles. The van der Waals surface area contributed by atoms with E-state index in [1.165, 1.54) is 4.90 Å². The number of likely N-dealkylation sites (N-methyl/N-ethyl adjacent to an activating group) is 2. The van der Waals surface area contributed by atoms with Gasteiger partial charge in [-0.3, -0.25) is 4.79 Å². The van der Waals surface area contributed by atoms with E-state index in [9.17, 15) is 14.4 Å². The average molecular weight is 287 g/mol. The van der Waals surface area contributed by atoms with Gasteiger partial charge in [0.25, 0.3) is 0 Å². The minimum absolute atomic E-state index is 0.0803. The average Bonchev–Trinajstić information content (AvgIpc) is 2.40. The number of hydrogen-bond donors (Lipinski definition) is 3. The zero-order valence-corrected chi connectivity index (χ0v) is 12.6. The van der Waals surface area contributed by atoms with Crippen LogP contribution in [-0.2, 0) is 9.59 Å². The fourth-order valence-electron chi connectivity index (χ4n) is 1.66. The van der Waals surface area contributed by atoms with Crippen molar-refractivity contribution in [2.24, 2.45) is 5.92 Å². The van der Waals surface area contributed by atoms with Crippen molar-refractivity contribution < 1.29 is 19.5 Å². The van der Waals surface area contributed by atoms with E-state index in [1.54, 1.807) is 20.8 Å². The zero-order valence-electron chi connectivity index (χ0n) is 12.6. The topological polar surface area (TPSA) is 98.7 Å². The lowest BCUT2D eigenvalue weighted by molar-refractivity contribution is -0.140. The predicted octanol–water partition coefficient (Wildman–Crippen LogP) is 0.653. The number of carbonyl (C=O) groups is 3. The molecular weight excluding hydrogens is 262 g/mol. The molecule has 0 radical (unpaired) electrons. The molecule has 0 bridgehead atoms. The number of hydrogen-bond acceptors (Lipinski definition) is 3. The number of rotatable bonds is 8. The monoisotopic (exact) mass is 287 g/mol. The van der Waals surface area contributed by atoms with Gasteiger partial charge in [-0.1, -0.05) is 20.3 Å². The molecule has 2 atom stereocenters. The van der Waals surface area contributed by atoms with Crippen LogP contribution < -0.4 is 10.6 Å². The molecule has 116 valence electrons. The molecule has 0 aromatic rings. The molecule has 0 saturated heterocycles. The van der Waals surface area contributed by atoms with Gasteiger partial charge in [-0.05, 0) is 19.8 Å². The van der Waals surface area contributed by atoms with Crippen LogP contribution >= 0.6 is 0 Å². The Hall–Kier alpha value is -1.79. The number of nitrogens with one attached hydrogen (secondary N) is 2. The maximum Gasteiger partial charge on any atom is 0.326 e. The lowest BCUT2D eigenvalue weighted by atomic mass is 9.99. The molecular formula is C13H25N3O4. The van der Waals surface area contributed by atoms with Crippen molar-refractivity contribution in [3.63, 3.8) is 0 Å². The van der Waals surface area contributed by atoms with Crippen molar-refractivity contribution in [2.45, 2.75) is 40.2 Å². The van der Waals surface area contributed by atoms with E-state index in [4.69, 9.17) is 5.11 Å². The molecule has 0 spiro atoms. The third kappa shape index (κ3) is 5.90. The summed E-state index contributed by atoms with van der Waals surface area (Å²) in [6.07, 6.45) is 0.639. The van der Waals surface area contributed by atoms with Crippen molar-refractivity contribution >= 4 is 17.9 Å². The highest BCUT2D eigenvalue weighted by Gasteiger charge is 2.27. The molecule has 0 aromatic carbocycles. The number of amides is 3. The maximum absolute atomic E-state index is 12.0. The molecule has 7 heteroatoms. The van der Waals surface area contributed by atoms with Crippen LogP contribution in [0, 0.1) is 5.92 Å². The summed E-state index contributed by atoms with van der Waals surface area (Å²) in [6, 6.07) is -1.48. The highest BCUT2D eigenvalue weighted by atomic mass is 16.4. The summed E-state index contributed by atoms with van der Waals surface area (Å²) in [7, 11) is 0. The third-order valence-corrected chi connectivity index (χ3v) is 3.14. The van der Waals surface area contributed by atoms with Gasteiger partial charge in [0.15, 0.2) is 0 Å². The fraction of sp³-hybridized carbons (Fsp3) is 0.769. The maximum atomic E-state index is 12.0. The molecule has 0 aliphatic heterocycles. The lowest BCUT2D eigenvalue weighted by Crippen LogP contribution is -2.52. The van der Waals surface area contributed by atoms with Gasteiger partial charge < -0.3 is 20.6 Å². The van der Waals surface area contributed by atoms with Crippen molar-refractivity contribution in [3.8, 4) is 0 Å². The number of carbonyl (C=O) groups excluding carboxylic acids is 2. The Kier molecular flexibility index (Phi) is 8.35. The predicted molar refractivity (Wildman–Crippen MR) is 75.3 cm³/mol. The first-order valence-electron chi connectivity index (χ1n) is 6.92. The van der Waals surface area contributed by atoms with Crippen LogP contribution in [0.5, 0.6) is 0 Å². The molecule has 3 amide bonds. The second-order valence-corrected chi connectivity index (χ2v) is 4.62. The second kappa shape index (κ2) is 9.17. The smallest absolute Gasteiger partial charge is 0.326 e. The van der Waals surface area contributed by atoms with Crippen molar-refractivity contribution in [1.82, 2.24) is 15.5 Å². The van der Waals surface area contributed by atoms with Crippen LogP contribution in [0.3, 0.4) is 0 Å². The Labute approximate surface area is 119 Å². The Balaban J connectivity index is 4.67. The van der Waals surface area contributed by atoms with Crippen molar-refractivity contribution in [1.29, 1.82) is 0 Å². The van der Waals surface area contributed by atoms with E-state index in [1.807, 2.05) is 6.92 Å². The van der Waals surface area contributed by atoms with E-state index in [-0.39, 0.29) is 18.4 Å². The largest absolute Gasteiger partial charge is 0.480 e. The number of aliphatic carboxylic acids is 1. The summed E-state index contributed by atoms with van der Waals surface area (Å²) in [4.78, 5) is 35.9. The number of urea groups is 1. The second-order valence-electron chi connectivity index (χ2n) is 4.62. The van der Waals surface area contributed by atoms with Gasteiger partial charge in [0.2, 0.25) is 5.91 Å². The van der Waals surface area contributed by atoms with E-state index in [0.717, 1.165) is 0 Å². The van der Waals surface area contributed by atoms with Crippen molar-refractivity contribution in [3.05, 3.63) is 0 Å². The van der Waals surface area contributed by atoms with Gasteiger partial charge in [0, 0.05) is 13.1 Å². The molecule has 0 rings (SSSR count). The summed E-state index contributed by atoms with van der Waals surface area (Å²) in [5.41, 5.74) is 0. The van der Waals surface area contributed by atoms with Gasteiger partial charge in [-0.2, -0.15) is 0 Å². The van der Waals surface area contributed by atoms with Crippen LogP contribution in [-0.4, -0.2) is 53.6 Å². The van der Waals surface area contributed by atoms with Crippen LogP contribution in [0.25, 0.3) is 0 Å². The van der Waals surface area contributed by atoms with E-state index in [0.29, 0.717) is 19.5 Å². The molecule has 0 aliphatic rings. The number of nitrogens with zero attached hydrogens (tertiary/aromatic N) is 1. The molecule has 7 nitrogen and oxygen atoms in total. The minimum Gasteiger partial charge on any atom is -0.480 e. The van der Waals surface area contributed by atoms with Gasteiger partial charge in [-0.25, -0.2) is 9.59 Å². The van der Waals surface area contributed by atoms with E-state index >= 15 is 0 Å².